The first kappa shape index (κ1) is 13.3. The normalized spacial score (nSPS) is 19.6. The molecule has 1 aromatic rings. The molecule has 0 radical (unpaired) electrons. The molecular weight excluding hydrogens is 252 g/mol. The van der Waals surface area contributed by atoms with Crippen LogP contribution in [0.3, 0.4) is 0 Å². The van der Waals surface area contributed by atoms with E-state index in [4.69, 9.17) is 16.3 Å². The molecule has 4 nitrogen and oxygen atoms in total. The average Bonchev–Trinajstić information content (AvgIpc) is 2.36. The quantitative estimate of drug-likeness (QED) is 0.881. The summed E-state index contributed by atoms with van der Waals surface area (Å²) in [4.78, 5) is 11.9. The number of benzene rings is 1. The number of carbonyl (C=O) groups excluding carboxylic acids is 1. The Morgan fingerprint density at radius 2 is 2.44 bits per heavy atom. The Bertz CT molecular complexity index is 431. The second-order valence-electron chi connectivity index (χ2n) is 4.36. The number of nitrogens with one attached hydrogen (secondary N) is 2. The lowest BCUT2D eigenvalue weighted by atomic mass is 10.1. The van der Waals surface area contributed by atoms with Gasteiger partial charge in [0.1, 0.15) is 0 Å². The van der Waals surface area contributed by atoms with E-state index >= 15 is 0 Å². The molecule has 1 fully saturated rings. The van der Waals surface area contributed by atoms with E-state index in [1.165, 1.54) is 0 Å². The third-order valence-electron chi connectivity index (χ3n) is 2.96. The Balaban J connectivity index is 1.92. The van der Waals surface area contributed by atoms with Crippen molar-refractivity contribution in [3.63, 3.8) is 0 Å². The highest BCUT2D eigenvalue weighted by atomic mass is 35.5. The van der Waals surface area contributed by atoms with Crippen LogP contribution in [0.4, 0.5) is 5.69 Å². The minimum Gasteiger partial charge on any atom is -0.375 e. The molecule has 1 amide bonds. The molecule has 5 heteroatoms. The van der Waals surface area contributed by atoms with Crippen molar-refractivity contribution in [2.24, 2.45) is 0 Å². The Hall–Kier alpha value is -1.10. The number of ether oxygens (including phenoxy) is 1. The predicted molar refractivity (Wildman–Crippen MR) is 72.0 cm³/mol. The molecule has 18 heavy (non-hydrogen) atoms. The van der Waals surface area contributed by atoms with E-state index < -0.39 is 0 Å². The van der Waals surface area contributed by atoms with Crippen LogP contribution in [0.2, 0.25) is 5.02 Å². The topological polar surface area (TPSA) is 50.4 Å². The van der Waals surface area contributed by atoms with Crippen molar-refractivity contribution in [3.05, 3.63) is 28.8 Å². The lowest BCUT2D eigenvalue weighted by Gasteiger charge is -2.23. The monoisotopic (exact) mass is 268 g/mol. The fraction of sp³-hybridized carbons (Fsp3) is 0.462. The van der Waals surface area contributed by atoms with Gasteiger partial charge in [0, 0.05) is 23.8 Å². The lowest BCUT2D eigenvalue weighted by molar-refractivity contribution is -0.119. The Morgan fingerprint density at radius 1 is 1.61 bits per heavy atom. The Kier molecular flexibility index (Phi) is 4.58. The van der Waals surface area contributed by atoms with E-state index in [1.54, 1.807) is 6.07 Å². The fourth-order valence-corrected chi connectivity index (χ4v) is 2.08. The maximum absolute atomic E-state index is 11.9. The van der Waals surface area contributed by atoms with Crippen molar-refractivity contribution in [2.45, 2.75) is 19.4 Å². The van der Waals surface area contributed by atoms with Gasteiger partial charge < -0.3 is 15.4 Å². The highest BCUT2D eigenvalue weighted by Gasteiger charge is 2.17. The molecule has 1 aliphatic rings. The zero-order valence-electron chi connectivity index (χ0n) is 10.3. The van der Waals surface area contributed by atoms with E-state index in [-0.39, 0.29) is 12.0 Å². The van der Waals surface area contributed by atoms with Gasteiger partial charge in [-0.15, -0.1) is 0 Å². The summed E-state index contributed by atoms with van der Waals surface area (Å²) in [6.07, 6.45) is 0.317. The molecule has 1 unspecified atom stereocenters. The van der Waals surface area contributed by atoms with Crippen LogP contribution in [-0.2, 0) is 9.53 Å². The summed E-state index contributed by atoms with van der Waals surface area (Å²) in [7, 11) is 0. The summed E-state index contributed by atoms with van der Waals surface area (Å²) in [5.74, 6) is -0.0472. The molecule has 98 valence electrons. The van der Waals surface area contributed by atoms with E-state index in [2.05, 4.69) is 10.6 Å². The summed E-state index contributed by atoms with van der Waals surface area (Å²) < 4.78 is 5.49. The van der Waals surface area contributed by atoms with Crippen LogP contribution in [-0.4, -0.2) is 31.7 Å². The summed E-state index contributed by atoms with van der Waals surface area (Å²) in [5, 5.41) is 6.72. The molecule has 1 aliphatic heterocycles. The summed E-state index contributed by atoms with van der Waals surface area (Å²) in [5.41, 5.74) is 1.64. The second-order valence-corrected chi connectivity index (χ2v) is 4.77. The summed E-state index contributed by atoms with van der Waals surface area (Å²) >= 11 is 6.00. The zero-order valence-corrected chi connectivity index (χ0v) is 11.1. The highest BCUT2D eigenvalue weighted by molar-refractivity contribution is 6.31. The van der Waals surface area contributed by atoms with Crippen molar-refractivity contribution in [1.29, 1.82) is 0 Å². The van der Waals surface area contributed by atoms with E-state index in [0.717, 1.165) is 24.3 Å². The van der Waals surface area contributed by atoms with E-state index in [0.29, 0.717) is 18.1 Å². The number of amides is 1. The fourth-order valence-electron chi connectivity index (χ4n) is 1.90. The highest BCUT2D eigenvalue weighted by Crippen LogP contribution is 2.23. The number of morpholine rings is 1. The predicted octanol–water partition coefficient (Wildman–Crippen LogP) is 1.97. The molecular formula is C13H17ClN2O2. The van der Waals surface area contributed by atoms with Crippen molar-refractivity contribution < 1.29 is 9.53 Å². The van der Waals surface area contributed by atoms with Gasteiger partial charge in [-0.1, -0.05) is 17.7 Å². The molecule has 0 saturated carbocycles. The smallest absolute Gasteiger partial charge is 0.227 e. The van der Waals surface area contributed by atoms with Crippen LogP contribution in [0.25, 0.3) is 0 Å². The molecule has 0 aromatic heterocycles. The summed E-state index contributed by atoms with van der Waals surface area (Å²) in [6.45, 7) is 4.12. The van der Waals surface area contributed by atoms with Crippen LogP contribution in [0.1, 0.15) is 12.0 Å². The SMILES string of the molecule is Cc1c(Cl)cccc1NC(=O)CC1CNCCO1. The van der Waals surface area contributed by atoms with Crippen LogP contribution < -0.4 is 10.6 Å². The van der Waals surface area contributed by atoms with Crippen molar-refractivity contribution >= 4 is 23.2 Å². The van der Waals surface area contributed by atoms with Gasteiger partial charge in [-0.05, 0) is 24.6 Å². The van der Waals surface area contributed by atoms with Gasteiger partial charge >= 0.3 is 0 Å². The maximum atomic E-state index is 11.9. The average molecular weight is 269 g/mol. The van der Waals surface area contributed by atoms with Crippen LogP contribution in [0, 0.1) is 6.92 Å². The van der Waals surface area contributed by atoms with Gasteiger partial charge in [-0.3, -0.25) is 4.79 Å². The van der Waals surface area contributed by atoms with Gasteiger partial charge in [0.25, 0.3) is 0 Å². The minimum atomic E-state index is -0.0472. The van der Waals surface area contributed by atoms with Crippen molar-refractivity contribution in [2.75, 3.05) is 25.0 Å². The number of halogens is 1. The molecule has 0 spiro atoms. The lowest BCUT2D eigenvalue weighted by Crippen LogP contribution is -2.40. The van der Waals surface area contributed by atoms with Gasteiger partial charge in [-0.2, -0.15) is 0 Å². The molecule has 2 N–H and O–H groups in total. The number of hydrogen-bond acceptors (Lipinski definition) is 3. The molecule has 1 heterocycles. The Morgan fingerprint density at radius 3 is 3.17 bits per heavy atom. The van der Waals surface area contributed by atoms with Gasteiger partial charge in [0.05, 0.1) is 19.1 Å². The molecule has 0 bridgehead atoms. The van der Waals surface area contributed by atoms with Crippen LogP contribution in [0.5, 0.6) is 0 Å². The number of hydrogen-bond donors (Lipinski definition) is 2. The largest absolute Gasteiger partial charge is 0.375 e. The van der Waals surface area contributed by atoms with Crippen molar-refractivity contribution in [3.8, 4) is 0 Å². The molecule has 2 rings (SSSR count). The number of carbonyl (C=O) groups is 1. The molecule has 1 aromatic carbocycles. The van der Waals surface area contributed by atoms with Crippen LogP contribution in [0.15, 0.2) is 18.2 Å². The number of rotatable bonds is 3. The first-order valence-electron chi connectivity index (χ1n) is 6.04. The Labute approximate surface area is 112 Å². The van der Waals surface area contributed by atoms with E-state index in [9.17, 15) is 4.79 Å². The molecule has 1 saturated heterocycles. The minimum absolute atomic E-state index is 0.0433. The van der Waals surface area contributed by atoms with Gasteiger partial charge in [-0.25, -0.2) is 0 Å². The summed E-state index contributed by atoms with van der Waals surface area (Å²) in [6, 6.07) is 5.48. The molecule has 0 aliphatic carbocycles. The van der Waals surface area contributed by atoms with Gasteiger partial charge in [0.15, 0.2) is 0 Å². The molecule has 1 atom stereocenters. The van der Waals surface area contributed by atoms with Crippen molar-refractivity contribution in [1.82, 2.24) is 5.32 Å². The first-order valence-corrected chi connectivity index (χ1v) is 6.42. The third-order valence-corrected chi connectivity index (χ3v) is 3.37. The standard InChI is InChI=1S/C13H17ClN2O2/c1-9-11(14)3-2-4-12(9)16-13(17)7-10-8-15-5-6-18-10/h2-4,10,15H,5-8H2,1H3,(H,16,17). The van der Waals surface area contributed by atoms with E-state index in [1.807, 2.05) is 19.1 Å². The zero-order chi connectivity index (χ0) is 13.0. The number of anilines is 1. The van der Waals surface area contributed by atoms with Crippen LogP contribution >= 0.6 is 11.6 Å². The third kappa shape index (κ3) is 3.45. The first-order chi connectivity index (χ1) is 8.66. The maximum Gasteiger partial charge on any atom is 0.227 e. The van der Waals surface area contributed by atoms with Gasteiger partial charge in [0.2, 0.25) is 5.91 Å². The second kappa shape index (κ2) is 6.18.